The van der Waals surface area contributed by atoms with Gasteiger partial charge in [0.05, 0.1) is 11.5 Å². The third-order valence-electron chi connectivity index (χ3n) is 2.25. The Morgan fingerprint density at radius 1 is 1.53 bits per heavy atom. The summed E-state index contributed by atoms with van der Waals surface area (Å²) in [6.07, 6.45) is 1.12. The standard InChI is InChI=1S/C10H16N6O3/c1-6(2)3-15(4-7(11)17)10-8(16(18)19)9(12)13-5-14-10/h5-6H,3-4H2,1-2H3,(H2,11,17)(H2,12,13,14). The second kappa shape index (κ2) is 5.94. The number of primary amides is 1. The van der Waals surface area contributed by atoms with Crippen molar-refractivity contribution in [1.29, 1.82) is 0 Å². The van der Waals surface area contributed by atoms with E-state index in [0.717, 1.165) is 6.33 Å². The molecular weight excluding hydrogens is 252 g/mol. The Kier molecular flexibility index (Phi) is 4.56. The maximum Gasteiger partial charge on any atom is 0.353 e. The molecule has 0 atom stereocenters. The number of nitrogen functional groups attached to an aromatic ring is 1. The number of anilines is 2. The van der Waals surface area contributed by atoms with Crippen LogP contribution in [0.1, 0.15) is 13.8 Å². The van der Waals surface area contributed by atoms with Gasteiger partial charge in [-0.1, -0.05) is 13.8 Å². The molecule has 1 heterocycles. The predicted octanol–water partition coefficient (Wildman–Crippen LogP) is -0.0853. The largest absolute Gasteiger partial charge is 0.378 e. The topological polar surface area (TPSA) is 141 Å². The molecule has 0 spiro atoms. The van der Waals surface area contributed by atoms with E-state index < -0.39 is 16.5 Å². The normalized spacial score (nSPS) is 10.5. The third kappa shape index (κ3) is 3.76. The zero-order chi connectivity index (χ0) is 14.6. The van der Waals surface area contributed by atoms with Crippen LogP contribution in [0.25, 0.3) is 0 Å². The number of nitro groups is 1. The average molecular weight is 268 g/mol. The summed E-state index contributed by atoms with van der Waals surface area (Å²) in [5, 5.41) is 11.0. The van der Waals surface area contributed by atoms with Crippen LogP contribution in [0.2, 0.25) is 0 Å². The molecular formula is C10H16N6O3. The van der Waals surface area contributed by atoms with E-state index in [1.165, 1.54) is 4.90 Å². The predicted molar refractivity (Wildman–Crippen MR) is 69.3 cm³/mol. The summed E-state index contributed by atoms with van der Waals surface area (Å²) in [6, 6.07) is 0. The molecule has 0 aromatic carbocycles. The first kappa shape index (κ1) is 14.6. The van der Waals surface area contributed by atoms with E-state index in [4.69, 9.17) is 11.5 Å². The van der Waals surface area contributed by atoms with E-state index in [2.05, 4.69) is 9.97 Å². The molecule has 0 saturated carbocycles. The fourth-order valence-electron chi connectivity index (χ4n) is 1.64. The highest BCUT2D eigenvalue weighted by atomic mass is 16.6. The van der Waals surface area contributed by atoms with Crippen LogP contribution in [0.15, 0.2) is 6.33 Å². The molecule has 4 N–H and O–H groups in total. The lowest BCUT2D eigenvalue weighted by Gasteiger charge is -2.23. The van der Waals surface area contributed by atoms with E-state index >= 15 is 0 Å². The maximum atomic E-state index is 11.1. The minimum absolute atomic E-state index is 0.00463. The zero-order valence-corrected chi connectivity index (χ0v) is 10.7. The number of aromatic nitrogens is 2. The summed E-state index contributed by atoms with van der Waals surface area (Å²) in [7, 11) is 0. The number of hydrogen-bond donors (Lipinski definition) is 2. The van der Waals surface area contributed by atoms with Gasteiger partial charge in [0.25, 0.3) is 0 Å². The Balaban J connectivity index is 3.24. The minimum Gasteiger partial charge on any atom is -0.378 e. The van der Waals surface area contributed by atoms with Crippen LogP contribution in [-0.4, -0.2) is 33.9 Å². The Bertz CT molecular complexity index is 490. The van der Waals surface area contributed by atoms with Gasteiger partial charge in [-0.25, -0.2) is 9.97 Å². The monoisotopic (exact) mass is 268 g/mol. The molecule has 0 aliphatic heterocycles. The Hall–Kier alpha value is -2.45. The maximum absolute atomic E-state index is 11.1. The van der Waals surface area contributed by atoms with Gasteiger partial charge in [-0.05, 0) is 5.92 Å². The Morgan fingerprint density at radius 3 is 2.63 bits per heavy atom. The zero-order valence-electron chi connectivity index (χ0n) is 10.7. The van der Waals surface area contributed by atoms with Crippen LogP contribution in [0.3, 0.4) is 0 Å². The van der Waals surface area contributed by atoms with Crippen LogP contribution < -0.4 is 16.4 Å². The lowest BCUT2D eigenvalue weighted by Crippen LogP contribution is -2.37. The summed E-state index contributed by atoms with van der Waals surface area (Å²) in [5.41, 5.74) is 10.2. The first-order chi connectivity index (χ1) is 8.82. The highest BCUT2D eigenvalue weighted by Gasteiger charge is 2.26. The number of carbonyl (C=O) groups excluding carboxylic acids is 1. The number of hydrogen-bond acceptors (Lipinski definition) is 7. The summed E-state index contributed by atoms with van der Waals surface area (Å²) < 4.78 is 0. The first-order valence-electron chi connectivity index (χ1n) is 5.61. The van der Waals surface area contributed by atoms with Crippen molar-refractivity contribution in [2.24, 2.45) is 11.7 Å². The van der Waals surface area contributed by atoms with E-state index in [1.807, 2.05) is 13.8 Å². The van der Waals surface area contributed by atoms with Crippen molar-refractivity contribution in [3.05, 3.63) is 16.4 Å². The van der Waals surface area contributed by atoms with Gasteiger partial charge in [0.15, 0.2) is 0 Å². The van der Waals surface area contributed by atoms with Crippen LogP contribution in [0, 0.1) is 16.0 Å². The molecule has 0 saturated heterocycles. The van der Waals surface area contributed by atoms with E-state index in [-0.39, 0.29) is 24.1 Å². The average Bonchev–Trinajstić information content (AvgIpc) is 2.25. The molecule has 19 heavy (non-hydrogen) atoms. The van der Waals surface area contributed by atoms with Crippen LogP contribution in [0.4, 0.5) is 17.3 Å². The smallest absolute Gasteiger partial charge is 0.353 e. The second-order valence-corrected chi connectivity index (χ2v) is 4.43. The van der Waals surface area contributed by atoms with Crippen LogP contribution in [0.5, 0.6) is 0 Å². The van der Waals surface area contributed by atoms with Crippen molar-refractivity contribution >= 4 is 23.2 Å². The molecule has 9 nitrogen and oxygen atoms in total. The molecule has 104 valence electrons. The summed E-state index contributed by atoms with van der Waals surface area (Å²) in [5.74, 6) is -0.680. The van der Waals surface area contributed by atoms with Crippen molar-refractivity contribution in [3.63, 3.8) is 0 Å². The van der Waals surface area contributed by atoms with Crippen molar-refractivity contribution < 1.29 is 9.72 Å². The van der Waals surface area contributed by atoms with E-state index in [1.54, 1.807) is 0 Å². The molecule has 1 rings (SSSR count). The number of carbonyl (C=O) groups is 1. The Labute approximate surface area is 109 Å². The molecule has 0 aliphatic carbocycles. The van der Waals surface area contributed by atoms with Crippen LogP contribution >= 0.6 is 0 Å². The molecule has 9 heteroatoms. The van der Waals surface area contributed by atoms with Gasteiger partial charge in [-0.15, -0.1) is 0 Å². The van der Waals surface area contributed by atoms with Gasteiger partial charge in [0.1, 0.15) is 6.33 Å². The van der Waals surface area contributed by atoms with Gasteiger partial charge in [0.2, 0.25) is 17.5 Å². The van der Waals surface area contributed by atoms with Crippen LogP contribution in [-0.2, 0) is 4.79 Å². The second-order valence-electron chi connectivity index (χ2n) is 4.43. The van der Waals surface area contributed by atoms with Crippen molar-refractivity contribution in [1.82, 2.24) is 9.97 Å². The minimum atomic E-state index is -0.668. The van der Waals surface area contributed by atoms with Crippen molar-refractivity contribution in [3.8, 4) is 0 Å². The molecule has 0 unspecified atom stereocenters. The molecule has 0 radical (unpaired) electrons. The number of nitrogens with two attached hydrogens (primary N) is 2. The van der Waals surface area contributed by atoms with Gasteiger partial charge in [-0.2, -0.15) is 0 Å². The van der Waals surface area contributed by atoms with Gasteiger partial charge in [-0.3, -0.25) is 14.9 Å². The highest BCUT2D eigenvalue weighted by molar-refractivity contribution is 5.81. The summed E-state index contributed by atoms with van der Waals surface area (Å²) >= 11 is 0. The van der Waals surface area contributed by atoms with Crippen molar-refractivity contribution in [2.45, 2.75) is 13.8 Å². The fourth-order valence-corrected chi connectivity index (χ4v) is 1.64. The molecule has 0 fully saturated rings. The number of nitrogens with zero attached hydrogens (tertiary/aromatic N) is 4. The number of rotatable bonds is 6. The summed E-state index contributed by atoms with van der Waals surface area (Å²) in [6.45, 7) is 4.03. The van der Waals surface area contributed by atoms with Gasteiger partial charge >= 0.3 is 5.69 Å². The lowest BCUT2D eigenvalue weighted by molar-refractivity contribution is -0.383. The van der Waals surface area contributed by atoms with Gasteiger partial charge < -0.3 is 16.4 Å². The fraction of sp³-hybridized carbons (Fsp3) is 0.500. The Morgan fingerprint density at radius 2 is 2.16 bits per heavy atom. The molecule has 0 bridgehead atoms. The molecule has 1 aromatic heterocycles. The molecule has 0 aliphatic rings. The quantitative estimate of drug-likeness (QED) is 0.542. The molecule has 1 aromatic rings. The van der Waals surface area contributed by atoms with E-state index in [9.17, 15) is 14.9 Å². The highest BCUT2D eigenvalue weighted by Crippen LogP contribution is 2.29. The van der Waals surface area contributed by atoms with Crippen molar-refractivity contribution in [2.75, 3.05) is 23.7 Å². The summed E-state index contributed by atoms with van der Waals surface area (Å²) in [4.78, 5) is 30.3. The van der Waals surface area contributed by atoms with Gasteiger partial charge in [0, 0.05) is 6.54 Å². The number of amides is 1. The SMILES string of the molecule is CC(C)CN(CC(N)=O)c1ncnc(N)c1[N+](=O)[O-]. The van der Waals surface area contributed by atoms with E-state index in [0.29, 0.717) is 6.54 Å². The first-order valence-corrected chi connectivity index (χ1v) is 5.61. The lowest BCUT2D eigenvalue weighted by atomic mass is 10.2. The molecule has 1 amide bonds. The third-order valence-corrected chi connectivity index (χ3v) is 2.25.